The van der Waals surface area contributed by atoms with Gasteiger partial charge in [0.1, 0.15) is 0 Å². The molecule has 0 aromatic rings. The largest absolute Gasteiger partial charge is 0.338 e. The average molecular weight is 199 g/mol. The minimum absolute atomic E-state index is 0.0825. The van der Waals surface area contributed by atoms with E-state index in [1.54, 1.807) is 0 Å². The number of urea groups is 1. The van der Waals surface area contributed by atoms with E-state index in [0.717, 1.165) is 19.5 Å². The van der Waals surface area contributed by atoms with Crippen LogP contribution in [0.3, 0.4) is 0 Å². The lowest BCUT2D eigenvalue weighted by atomic mass is 10.1. The Balaban J connectivity index is 2.43. The SMILES string of the molecule is CCNC(=O)N1CCCC(N(C)C)C1. The molecule has 0 aromatic carbocycles. The maximum absolute atomic E-state index is 11.6. The van der Waals surface area contributed by atoms with Gasteiger partial charge in [-0.1, -0.05) is 0 Å². The molecule has 0 saturated carbocycles. The van der Waals surface area contributed by atoms with Gasteiger partial charge in [0.05, 0.1) is 0 Å². The normalized spacial score (nSPS) is 22.6. The van der Waals surface area contributed by atoms with Gasteiger partial charge in [0.2, 0.25) is 0 Å². The van der Waals surface area contributed by atoms with Gasteiger partial charge in [-0.3, -0.25) is 0 Å². The van der Waals surface area contributed by atoms with Crippen molar-refractivity contribution in [2.24, 2.45) is 0 Å². The smallest absolute Gasteiger partial charge is 0.317 e. The zero-order valence-electron chi connectivity index (χ0n) is 9.42. The van der Waals surface area contributed by atoms with E-state index in [1.807, 2.05) is 11.8 Å². The predicted octanol–water partition coefficient (Wildman–Crippen LogP) is 0.742. The number of amides is 2. The third-order valence-electron chi connectivity index (χ3n) is 2.74. The van der Waals surface area contributed by atoms with Crippen molar-refractivity contribution in [1.82, 2.24) is 15.1 Å². The van der Waals surface area contributed by atoms with Crippen LogP contribution in [0.2, 0.25) is 0 Å². The topological polar surface area (TPSA) is 35.6 Å². The van der Waals surface area contributed by atoms with Crippen molar-refractivity contribution >= 4 is 6.03 Å². The van der Waals surface area contributed by atoms with E-state index in [4.69, 9.17) is 0 Å². The molecule has 0 aromatic heterocycles. The monoisotopic (exact) mass is 199 g/mol. The first-order valence-corrected chi connectivity index (χ1v) is 5.34. The first-order valence-electron chi connectivity index (χ1n) is 5.34. The highest BCUT2D eigenvalue weighted by Gasteiger charge is 2.24. The standard InChI is InChI=1S/C10H21N3O/c1-4-11-10(14)13-7-5-6-9(8-13)12(2)3/h9H,4-8H2,1-3H3,(H,11,14). The molecule has 14 heavy (non-hydrogen) atoms. The highest BCUT2D eigenvalue weighted by atomic mass is 16.2. The summed E-state index contributed by atoms with van der Waals surface area (Å²) in [6, 6.07) is 0.602. The summed E-state index contributed by atoms with van der Waals surface area (Å²) in [5.41, 5.74) is 0. The molecule has 1 aliphatic rings. The second-order valence-corrected chi connectivity index (χ2v) is 4.04. The number of likely N-dealkylation sites (tertiary alicyclic amines) is 1. The molecular formula is C10H21N3O. The van der Waals surface area contributed by atoms with E-state index in [1.165, 1.54) is 6.42 Å². The number of rotatable bonds is 2. The summed E-state index contributed by atoms with van der Waals surface area (Å²) in [6.07, 6.45) is 2.31. The van der Waals surface area contributed by atoms with Crippen molar-refractivity contribution in [2.45, 2.75) is 25.8 Å². The number of hydrogen-bond donors (Lipinski definition) is 1. The van der Waals surface area contributed by atoms with Crippen molar-refractivity contribution in [3.05, 3.63) is 0 Å². The van der Waals surface area contributed by atoms with Crippen LogP contribution in [0.25, 0.3) is 0 Å². The summed E-state index contributed by atoms with van der Waals surface area (Å²) >= 11 is 0. The molecule has 0 aliphatic carbocycles. The zero-order valence-corrected chi connectivity index (χ0v) is 9.42. The molecule has 4 nitrogen and oxygen atoms in total. The maximum atomic E-state index is 11.6. The van der Waals surface area contributed by atoms with E-state index < -0.39 is 0 Å². The highest BCUT2D eigenvalue weighted by Crippen LogP contribution is 2.13. The molecular weight excluding hydrogens is 178 g/mol. The van der Waals surface area contributed by atoms with Gasteiger partial charge in [0.15, 0.2) is 0 Å². The number of carbonyl (C=O) groups is 1. The molecule has 1 N–H and O–H groups in total. The number of piperidine rings is 1. The van der Waals surface area contributed by atoms with Crippen LogP contribution in [-0.4, -0.2) is 55.6 Å². The van der Waals surface area contributed by atoms with E-state index in [9.17, 15) is 4.79 Å². The van der Waals surface area contributed by atoms with E-state index >= 15 is 0 Å². The molecule has 2 amide bonds. The van der Waals surface area contributed by atoms with Gasteiger partial charge in [-0.05, 0) is 33.9 Å². The lowest BCUT2D eigenvalue weighted by molar-refractivity contribution is 0.140. The molecule has 1 atom stereocenters. The van der Waals surface area contributed by atoms with E-state index in [0.29, 0.717) is 12.6 Å². The van der Waals surface area contributed by atoms with Gasteiger partial charge >= 0.3 is 6.03 Å². The summed E-state index contributed by atoms with van der Waals surface area (Å²) in [6.45, 7) is 4.42. The van der Waals surface area contributed by atoms with Gasteiger partial charge in [-0.25, -0.2) is 4.79 Å². The molecule has 0 bridgehead atoms. The van der Waals surface area contributed by atoms with Crippen LogP contribution in [-0.2, 0) is 0 Å². The molecule has 4 heteroatoms. The lowest BCUT2D eigenvalue weighted by Gasteiger charge is -2.35. The van der Waals surface area contributed by atoms with Crippen LogP contribution in [0.1, 0.15) is 19.8 Å². The fraction of sp³-hybridized carbons (Fsp3) is 0.900. The van der Waals surface area contributed by atoms with Crippen molar-refractivity contribution in [1.29, 1.82) is 0 Å². The summed E-state index contributed by atoms with van der Waals surface area (Å²) in [4.78, 5) is 15.7. The first-order chi connectivity index (χ1) is 6.65. The molecule has 1 aliphatic heterocycles. The van der Waals surface area contributed by atoms with Crippen LogP contribution in [0.15, 0.2) is 0 Å². The van der Waals surface area contributed by atoms with E-state index in [-0.39, 0.29) is 6.03 Å². The molecule has 0 spiro atoms. The predicted molar refractivity (Wildman–Crippen MR) is 57.4 cm³/mol. The number of hydrogen-bond acceptors (Lipinski definition) is 2. The van der Waals surface area contributed by atoms with Crippen LogP contribution >= 0.6 is 0 Å². The summed E-state index contributed by atoms with van der Waals surface area (Å²) in [5.74, 6) is 0. The van der Waals surface area contributed by atoms with Crippen molar-refractivity contribution in [2.75, 3.05) is 33.7 Å². The number of likely N-dealkylation sites (N-methyl/N-ethyl adjacent to an activating group) is 1. The van der Waals surface area contributed by atoms with Gasteiger partial charge in [-0.2, -0.15) is 0 Å². The number of nitrogens with zero attached hydrogens (tertiary/aromatic N) is 2. The minimum Gasteiger partial charge on any atom is -0.338 e. The maximum Gasteiger partial charge on any atom is 0.317 e. The molecule has 1 fully saturated rings. The quantitative estimate of drug-likeness (QED) is 0.712. The van der Waals surface area contributed by atoms with Crippen LogP contribution < -0.4 is 5.32 Å². The van der Waals surface area contributed by atoms with Gasteiger partial charge < -0.3 is 15.1 Å². The Kier molecular flexibility index (Phi) is 4.20. The third-order valence-corrected chi connectivity index (χ3v) is 2.74. The minimum atomic E-state index is 0.0825. The Morgan fingerprint density at radius 3 is 2.86 bits per heavy atom. The molecule has 1 unspecified atom stereocenters. The van der Waals surface area contributed by atoms with Crippen LogP contribution in [0, 0.1) is 0 Å². The van der Waals surface area contributed by atoms with Gasteiger partial charge in [0, 0.05) is 25.7 Å². The summed E-state index contributed by atoms with van der Waals surface area (Å²) in [5, 5.41) is 2.84. The van der Waals surface area contributed by atoms with Crippen molar-refractivity contribution in [3.8, 4) is 0 Å². The van der Waals surface area contributed by atoms with Crippen molar-refractivity contribution < 1.29 is 4.79 Å². The number of carbonyl (C=O) groups excluding carboxylic acids is 1. The summed E-state index contributed by atoms with van der Waals surface area (Å²) < 4.78 is 0. The van der Waals surface area contributed by atoms with Crippen LogP contribution in [0.4, 0.5) is 4.79 Å². The zero-order chi connectivity index (χ0) is 10.6. The van der Waals surface area contributed by atoms with Gasteiger partial charge in [-0.15, -0.1) is 0 Å². The second kappa shape index (κ2) is 5.20. The molecule has 1 heterocycles. The lowest BCUT2D eigenvalue weighted by Crippen LogP contribution is -2.50. The fourth-order valence-electron chi connectivity index (χ4n) is 1.82. The molecule has 0 radical (unpaired) electrons. The Labute approximate surface area is 86.2 Å². The highest BCUT2D eigenvalue weighted by molar-refractivity contribution is 5.74. The molecule has 1 rings (SSSR count). The second-order valence-electron chi connectivity index (χ2n) is 4.04. The van der Waals surface area contributed by atoms with Crippen LogP contribution in [0.5, 0.6) is 0 Å². The Bertz CT molecular complexity index is 194. The average Bonchev–Trinajstić information content (AvgIpc) is 2.18. The third kappa shape index (κ3) is 2.87. The van der Waals surface area contributed by atoms with E-state index in [2.05, 4.69) is 24.3 Å². The fourth-order valence-corrected chi connectivity index (χ4v) is 1.82. The van der Waals surface area contributed by atoms with Gasteiger partial charge in [0.25, 0.3) is 0 Å². The number of nitrogens with one attached hydrogen (secondary N) is 1. The Morgan fingerprint density at radius 2 is 2.29 bits per heavy atom. The molecule has 1 saturated heterocycles. The Morgan fingerprint density at radius 1 is 1.57 bits per heavy atom. The first kappa shape index (κ1) is 11.3. The van der Waals surface area contributed by atoms with Crippen molar-refractivity contribution in [3.63, 3.8) is 0 Å². The molecule has 82 valence electrons. The summed E-state index contributed by atoms with van der Waals surface area (Å²) in [7, 11) is 4.15. The Hall–Kier alpha value is -0.770.